The van der Waals surface area contributed by atoms with Gasteiger partial charge in [0.25, 0.3) is 0 Å². The molecular formula is C23H24F3N7S. The van der Waals surface area contributed by atoms with Crippen LogP contribution in [-0.4, -0.2) is 48.6 Å². The zero-order chi connectivity index (χ0) is 23.9. The molecule has 1 saturated heterocycles. The van der Waals surface area contributed by atoms with Crippen LogP contribution in [0.5, 0.6) is 0 Å². The molecule has 3 aromatic rings. The quantitative estimate of drug-likeness (QED) is 0.460. The van der Waals surface area contributed by atoms with Crippen molar-refractivity contribution in [3.63, 3.8) is 0 Å². The molecule has 0 bridgehead atoms. The molecule has 4 heterocycles. The second kappa shape index (κ2) is 9.07. The third kappa shape index (κ3) is 4.83. The third-order valence-corrected chi connectivity index (χ3v) is 7.84. The van der Waals surface area contributed by atoms with Crippen molar-refractivity contribution in [3.8, 4) is 17.3 Å². The van der Waals surface area contributed by atoms with Gasteiger partial charge in [0.1, 0.15) is 11.7 Å². The fourth-order valence-corrected chi connectivity index (χ4v) is 5.47. The number of piperidine rings is 1. The molecule has 7 nitrogen and oxygen atoms in total. The molecule has 1 aliphatic heterocycles. The van der Waals surface area contributed by atoms with E-state index < -0.39 is 11.7 Å². The summed E-state index contributed by atoms with van der Waals surface area (Å²) in [6, 6.07) is 3.19. The number of aromatic nitrogens is 4. The topological polar surface area (TPSA) is 93.5 Å². The highest BCUT2D eigenvalue weighted by atomic mass is 32.2. The van der Waals surface area contributed by atoms with E-state index >= 15 is 0 Å². The van der Waals surface area contributed by atoms with Crippen molar-refractivity contribution in [1.29, 1.82) is 5.26 Å². The summed E-state index contributed by atoms with van der Waals surface area (Å²) in [5.41, 5.74) is 0.279. The lowest BCUT2D eigenvalue weighted by molar-refractivity contribution is -0.137. The summed E-state index contributed by atoms with van der Waals surface area (Å²) in [5.74, 6) is 0.816. The normalized spacial score (nSPS) is 18.7. The van der Waals surface area contributed by atoms with Gasteiger partial charge in [-0.3, -0.25) is 4.31 Å². The number of hydrogen-bond donors (Lipinski definition) is 2. The van der Waals surface area contributed by atoms with Crippen LogP contribution in [0.1, 0.15) is 43.7 Å². The number of pyridine rings is 1. The predicted molar refractivity (Wildman–Crippen MR) is 125 cm³/mol. The van der Waals surface area contributed by atoms with Crippen molar-refractivity contribution in [3.05, 3.63) is 35.8 Å². The van der Waals surface area contributed by atoms with Crippen LogP contribution in [0, 0.1) is 17.2 Å². The first-order valence-corrected chi connectivity index (χ1v) is 12.2. The molecule has 3 aromatic heterocycles. The highest BCUT2D eigenvalue weighted by molar-refractivity contribution is 7.97. The highest BCUT2D eigenvalue weighted by Gasteiger charge is 2.32. The van der Waals surface area contributed by atoms with Crippen LogP contribution in [0.2, 0.25) is 0 Å². The van der Waals surface area contributed by atoms with E-state index in [-0.39, 0.29) is 22.7 Å². The van der Waals surface area contributed by atoms with Crippen LogP contribution in [0.3, 0.4) is 0 Å². The van der Waals surface area contributed by atoms with Crippen molar-refractivity contribution in [2.24, 2.45) is 5.92 Å². The lowest BCUT2D eigenvalue weighted by Gasteiger charge is -2.34. The Bertz CT molecular complexity index is 1220. The number of nitriles is 1. The van der Waals surface area contributed by atoms with Gasteiger partial charge in [-0.2, -0.15) is 18.4 Å². The molecule has 0 amide bonds. The van der Waals surface area contributed by atoms with E-state index in [9.17, 15) is 18.4 Å². The number of anilines is 1. The van der Waals surface area contributed by atoms with Gasteiger partial charge in [0, 0.05) is 47.7 Å². The molecule has 34 heavy (non-hydrogen) atoms. The predicted octanol–water partition coefficient (Wildman–Crippen LogP) is 5.23. The fraction of sp³-hybridized carbons (Fsp3) is 0.478. The molecule has 2 aliphatic rings. The molecule has 11 heteroatoms. The molecule has 0 radical (unpaired) electrons. The lowest BCUT2D eigenvalue weighted by Crippen LogP contribution is -2.36. The van der Waals surface area contributed by atoms with Gasteiger partial charge in [0.15, 0.2) is 0 Å². The fourth-order valence-electron chi connectivity index (χ4n) is 4.28. The van der Waals surface area contributed by atoms with Crippen LogP contribution in [-0.2, 0) is 6.18 Å². The summed E-state index contributed by atoms with van der Waals surface area (Å²) in [4.78, 5) is 15.6. The largest absolute Gasteiger partial charge is 0.417 e. The maximum atomic E-state index is 13.2. The SMILES string of the molecule is CC(Nc1ncc(C#N)c(-c2c[nH]c3ncc(C(F)(F)F)cc23)n1)C1CCN(SC2CC2)CC1. The van der Waals surface area contributed by atoms with Crippen LogP contribution in [0.25, 0.3) is 22.3 Å². The summed E-state index contributed by atoms with van der Waals surface area (Å²) in [7, 11) is 0. The Morgan fingerprint density at radius 3 is 2.65 bits per heavy atom. The summed E-state index contributed by atoms with van der Waals surface area (Å²) in [6.07, 6.45) is 4.01. The van der Waals surface area contributed by atoms with Crippen molar-refractivity contribution in [2.75, 3.05) is 18.4 Å². The summed E-state index contributed by atoms with van der Waals surface area (Å²) in [5, 5.41) is 14.0. The molecule has 178 valence electrons. The smallest absolute Gasteiger partial charge is 0.351 e. The van der Waals surface area contributed by atoms with Gasteiger partial charge in [-0.25, -0.2) is 15.0 Å². The number of fused-ring (bicyclic) bond motifs is 1. The number of hydrogen-bond acceptors (Lipinski definition) is 7. The Morgan fingerprint density at radius 2 is 1.97 bits per heavy atom. The standard InChI is InChI=1S/C23H24F3N7S/c1-13(14-4-6-33(7-5-14)34-17-2-3-17)31-22-30-10-15(9-27)20(32-22)19-12-29-21-18(19)8-16(11-28-21)23(24,25)26/h8,10-14,17H,2-7H2,1H3,(H,28,29)(H,30,31,32). The number of alkyl halides is 3. The van der Waals surface area contributed by atoms with Gasteiger partial charge in [0.2, 0.25) is 5.95 Å². The number of H-pyrrole nitrogens is 1. The Labute approximate surface area is 199 Å². The number of nitrogens with zero attached hydrogens (tertiary/aromatic N) is 5. The van der Waals surface area contributed by atoms with Gasteiger partial charge < -0.3 is 10.3 Å². The molecule has 2 N–H and O–H groups in total. The van der Waals surface area contributed by atoms with Crippen LogP contribution in [0.15, 0.2) is 24.7 Å². The number of nitrogens with one attached hydrogen (secondary N) is 2. The third-order valence-electron chi connectivity index (χ3n) is 6.41. The first-order valence-electron chi connectivity index (χ1n) is 11.3. The maximum absolute atomic E-state index is 13.2. The second-order valence-corrected chi connectivity index (χ2v) is 10.3. The molecule has 1 unspecified atom stereocenters. The number of halogens is 3. The van der Waals surface area contributed by atoms with Crippen molar-refractivity contribution in [1.82, 2.24) is 24.2 Å². The molecule has 2 fully saturated rings. The maximum Gasteiger partial charge on any atom is 0.417 e. The van der Waals surface area contributed by atoms with Crippen LogP contribution < -0.4 is 5.32 Å². The van der Waals surface area contributed by atoms with Crippen LogP contribution in [0.4, 0.5) is 19.1 Å². The minimum atomic E-state index is -4.52. The van der Waals surface area contributed by atoms with Crippen molar-refractivity contribution < 1.29 is 13.2 Å². The van der Waals surface area contributed by atoms with E-state index in [1.165, 1.54) is 25.2 Å². The zero-order valence-corrected chi connectivity index (χ0v) is 19.4. The Morgan fingerprint density at radius 1 is 1.21 bits per heavy atom. The summed E-state index contributed by atoms with van der Waals surface area (Å²) >= 11 is 1.99. The molecule has 1 aliphatic carbocycles. The number of rotatable bonds is 6. The Balaban J connectivity index is 1.36. The highest BCUT2D eigenvalue weighted by Crippen LogP contribution is 2.39. The molecule has 0 aromatic carbocycles. The van der Waals surface area contributed by atoms with Gasteiger partial charge in [-0.15, -0.1) is 0 Å². The first-order chi connectivity index (χ1) is 16.3. The van der Waals surface area contributed by atoms with E-state index in [2.05, 4.69) is 36.5 Å². The van der Waals surface area contributed by atoms with Gasteiger partial charge in [-0.05, 0) is 44.6 Å². The minimum Gasteiger partial charge on any atom is -0.351 e. The first kappa shape index (κ1) is 22.9. The van der Waals surface area contributed by atoms with E-state index in [1.807, 2.05) is 18.0 Å². The molecule has 0 spiro atoms. The van der Waals surface area contributed by atoms with Gasteiger partial charge in [0.05, 0.1) is 23.0 Å². The van der Waals surface area contributed by atoms with E-state index in [0.29, 0.717) is 23.1 Å². The van der Waals surface area contributed by atoms with E-state index in [0.717, 1.165) is 43.4 Å². The molecule has 5 rings (SSSR count). The Hall–Kier alpha value is -2.84. The average Bonchev–Trinajstić information content (AvgIpc) is 3.53. The summed E-state index contributed by atoms with van der Waals surface area (Å²) in [6.45, 7) is 4.21. The zero-order valence-electron chi connectivity index (χ0n) is 18.6. The van der Waals surface area contributed by atoms with E-state index in [1.54, 1.807) is 0 Å². The van der Waals surface area contributed by atoms with Gasteiger partial charge >= 0.3 is 6.18 Å². The van der Waals surface area contributed by atoms with Crippen molar-refractivity contribution in [2.45, 2.75) is 50.1 Å². The van der Waals surface area contributed by atoms with E-state index in [4.69, 9.17) is 0 Å². The van der Waals surface area contributed by atoms with Crippen molar-refractivity contribution >= 4 is 28.9 Å². The molecule has 1 atom stereocenters. The minimum absolute atomic E-state index is 0.121. The monoisotopic (exact) mass is 487 g/mol. The summed E-state index contributed by atoms with van der Waals surface area (Å²) < 4.78 is 42.2. The average molecular weight is 488 g/mol. The second-order valence-electron chi connectivity index (χ2n) is 8.89. The molecular weight excluding hydrogens is 463 g/mol. The lowest BCUT2D eigenvalue weighted by atomic mass is 9.91. The number of aromatic amines is 1. The van der Waals surface area contributed by atoms with Gasteiger partial charge in [-0.1, -0.05) is 11.9 Å². The van der Waals surface area contributed by atoms with Crippen LogP contribution >= 0.6 is 11.9 Å². The molecule has 1 saturated carbocycles. The Kier molecular flexibility index (Phi) is 6.12.